The van der Waals surface area contributed by atoms with E-state index < -0.39 is 30.2 Å². The van der Waals surface area contributed by atoms with E-state index in [0.29, 0.717) is 25.2 Å². The molecule has 1 aliphatic heterocycles. The molecule has 1 saturated heterocycles. The van der Waals surface area contributed by atoms with Crippen molar-refractivity contribution < 1.29 is 28.7 Å². The van der Waals surface area contributed by atoms with E-state index in [-0.39, 0.29) is 59.9 Å². The molecule has 1 aromatic rings. The van der Waals surface area contributed by atoms with Gasteiger partial charge in [0.05, 0.1) is 42.7 Å². The minimum absolute atomic E-state index is 0.00320. The van der Waals surface area contributed by atoms with Gasteiger partial charge in [-0.1, -0.05) is 67.0 Å². The van der Waals surface area contributed by atoms with Gasteiger partial charge in [-0.15, -0.1) is 0 Å². The molecule has 12 heteroatoms. The normalized spacial score (nSPS) is 19.0. The van der Waals surface area contributed by atoms with Crippen LogP contribution >= 0.6 is 0 Å². The van der Waals surface area contributed by atoms with Gasteiger partial charge in [0.2, 0.25) is 23.6 Å². The fourth-order valence-electron chi connectivity index (χ4n) is 7.59. The standard InChI is InChI=1S/C39H68N6O6/c1-13-26(6)35(44(10)39(49)33(24(2)3)42-38(48)34(25(4)5)43(8)9)31(50-11)23-32(46)45-22-14-15-30(45)36(51-12)27(7)37(47)41-21-20-28-16-18-29(40)19-17-28/h16-19,24-27,30-31,33-36H,13-15,20-23,40H2,1-12H3,(H,41,47)(H,42,48)/t26-,27+,30?,31+,33?,34?,35-,36+/m0/s1. The van der Waals surface area contributed by atoms with Crippen molar-refractivity contribution >= 4 is 29.3 Å². The zero-order valence-corrected chi connectivity index (χ0v) is 33.4. The first kappa shape index (κ1) is 43.9. The number of hydrogen-bond acceptors (Lipinski definition) is 8. The molecule has 1 aliphatic rings. The summed E-state index contributed by atoms with van der Waals surface area (Å²) >= 11 is 0. The van der Waals surface area contributed by atoms with Gasteiger partial charge in [-0.2, -0.15) is 0 Å². The van der Waals surface area contributed by atoms with Crippen LogP contribution in [0.4, 0.5) is 5.69 Å². The maximum atomic E-state index is 14.2. The average molecular weight is 717 g/mol. The first-order chi connectivity index (χ1) is 24.0. The smallest absolute Gasteiger partial charge is 0.245 e. The molecule has 0 aliphatic carbocycles. The summed E-state index contributed by atoms with van der Waals surface area (Å²) in [6.45, 7) is 14.8. The molecule has 2 rings (SSSR count). The van der Waals surface area contributed by atoms with Gasteiger partial charge in [0.25, 0.3) is 0 Å². The number of benzene rings is 1. The molecule has 4 amide bonds. The lowest BCUT2D eigenvalue weighted by Crippen LogP contribution is -2.59. The average Bonchev–Trinajstić information content (AvgIpc) is 3.56. The summed E-state index contributed by atoms with van der Waals surface area (Å²) in [5.41, 5.74) is 7.57. The van der Waals surface area contributed by atoms with Gasteiger partial charge in [-0.25, -0.2) is 0 Å². The summed E-state index contributed by atoms with van der Waals surface area (Å²) in [4.78, 5) is 60.3. The van der Waals surface area contributed by atoms with Gasteiger partial charge in [0.15, 0.2) is 0 Å². The zero-order chi connectivity index (χ0) is 38.6. The molecule has 1 aromatic carbocycles. The number of nitrogen functional groups attached to an aromatic ring is 1. The summed E-state index contributed by atoms with van der Waals surface area (Å²) in [6.07, 6.45) is 1.93. The number of rotatable bonds is 20. The summed E-state index contributed by atoms with van der Waals surface area (Å²) in [5, 5.41) is 6.07. The van der Waals surface area contributed by atoms with E-state index in [4.69, 9.17) is 15.2 Å². The predicted molar refractivity (Wildman–Crippen MR) is 203 cm³/mol. The van der Waals surface area contributed by atoms with Crippen molar-refractivity contribution in [2.75, 3.05) is 54.2 Å². The van der Waals surface area contributed by atoms with Crippen LogP contribution in [0, 0.1) is 23.7 Å². The Morgan fingerprint density at radius 1 is 0.941 bits per heavy atom. The maximum absolute atomic E-state index is 14.2. The van der Waals surface area contributed by atoms with Crippen molar-refractivity contribution in [1.29, 1.82) is 0 Å². The number of likely N-dealkylation sites (N-methyl/N-ethyl adjacent to an activating group) is 2. The summed E-state index contributed by atoms with van der Waals surface area (Å²) in [5.74, 6) is -1.21. The first-order valence-electron chi connectivity index (χ1n) is 18.7. The minimum atomic E-state index is -0.743. The Morgan fingerprint density at radius 3 is 2.08 bits per heavy atom. The van der Waals surface area contributed by atoms with Crippen molar-refractivity contribution in [3.8, 4) is 0 Å². The summed E-state index contributed by atoms with van der Waals surface area (Å²) in [7, 11) is 8.64. The number of hydrogen-bond donors (Lipinski definition) is 3. The van der Waals surface area contributed by atoms with Crippen LogP contribution in [0.3, 0.4) is 0 Å². The highest BCUT2D eigenvalue weighted by molar-refractivity contribution is 5.90. The maximum Gasteiger partial charge on any atom is 0.245 e. The topological polar surface area (TPSA) is 147 Å². The van der Waals surface area contributed by atoms with E-state index in [1.54, 1.807) is 26.2 Å². The van der Waals surface area contributed by atoms with Crippen LogP contribution in [0.5, 0.6) is 0 Å². The van der Waals surface area contributed by atoms with Gasteiger partial charge < -0.3 is 35.6 Å². The van der Waals surface area contributed by atoms with Crippen molar-refractivity contribution in [2.24, 2.45) is 23.7 Å². The molecule has 0 aromatic heterocycles. The van der Waals surface area contributed by atoms with Crippen molar-refractivity contribution in [1.82, 2.24) is 25.3 Å². The second kappa shape index (κ2) is 20.7. The highest BCUT2D eigenvalue weighted by Gasteiger charge is 2.43. The number of amides is 4. The van der Waals surface area contributed by atoms with E-state index >= 15 is 0 Å². The number of anilines is 1. The van der Waals surface area contributed by atoms with Gasteiger partial charge >= 0.3 is 0 Å². The third-order valence-electron chi connectivity index (χ3n) is 10.6. The number of carbonyl (C=O) groups excluding carboxylic acids is 4. The second-order valence-corrected chi connectivity index (χ2v) is 15.3. The Balaban J connectivity index is 2.21. The molecule has 1 fully saturated rings. The Morgan fingerprint density at radius 2 is 1.57 bits per heavy atom. The van der Waals surface area contributed by atoms with Gasteiger partial charge in [-0.05, 0) is 68.8 Å². The lowest BCUT2D eigenvalue weighted by atomic mass is 9.89. The number of ether oxygens (including phenoxy) is 2. The van der Waals surface area contributed by atoms with Crippen molar-refractivity contribution in [3.63, 3.8) is 0 Å². The summed E-state index contributed by atoms with van der Waals surface area (Å²) in [6, 6.07) is 5.77. The molecule has 8 atom stereocenters. The SMILES string of the molecule is CC[C@H](C)[C@@H]([C@@H](CC(=O)N1CCCC1[C@H](OC)[C@@H](C)C(=O)NCCc1ccc(N)cc1)OC)N(C)C(=O)C(NC(=O)C(C(C)C)N(C)C)C(C)C. The Bertz CT molecular complexity index is 1250. The molecule has 0 radical (unpaired) electrons. The molecule has 1 heterocycles. The number of nitrogens with zero attached hydrogens (tertiary/aromatic N) is 3. The number of nitrogens with two attached hydrogens (primary N) is 1. The zero-order valence-electron chi connectivity index (χ0n) is 33.4. The van der Waals surface area contributed by atoms with Crippen molar-refractivity contribution in [3.05, 3.63) is 29.8 Å². The van der Waals surface area contributed by atoms with Crippen LogP contribution in [-0.4, -0.2) is 123 Å². The Kier molecular flexibility index (Phi) is 17.9. The van der Waals surface area contributed by atoms with E-state index in [1.165, 1.54) is 0 Å². The molecule has 0 saturated carbocycles. The van der Waals surface area contributed by atoms with Crippen LogP contribution in [0.15, 0.2) is 24.3 Å². The lowest BCUT2D eigenvalue weighted by molar-refractivity contribution is -0.148. The molecule has 12 nitrogen and oxygen atoms in total. The molecular formula is C39H68N6O6. The van der Waals surface area contributed by atoms with Crippen LogP contribution in [0.25, 0.3) is 0 Å². The van der Waals surface area contributed by atoms with Crippen LogP contribution in [0.2, 0.25) is 0 Å². The Labute approximate surface area is 307 Å². The summed E-state index contributed by atoms with van der Waals surface area (Å²) < 4.78 is 11.9. The third kappa shape index (κ3) is 11.9. The molecule has 0 bridgehead atoms. The Hall–Kier alpha value is -3.22. The van der Waals surface area contributed by atoms with Gasteiger partial charge in [0, 0.05) is 40.0 Å². The second-order valence-electron chi connectivity index (χ2n) is 15.3. The predicted octanol–water partition coefficient (Wildman–Crippen LogP) is 3.57. The van der Waals surface area contributed by atoms with Crippen LogP contribution in [-0.2, 0) is 35.1 Å². The molecule has 51 heavy (non-hydrogen) atoms. The highest BCUT2D eigenvalue weighted by Crippen LogP contribution is 2.29. The third-order valence-corrected chi connectivity index (χ3v) is 10.6. The molecular weight excluding hydrogens is 648 g/mol. The largest absolute Gasteiger partial charge is 0.399 e. The number of methoxy groups -OCH3 is 2. The molecule has 0 spiro atoms. The minimum Gasteiger partial charge on any atom is -0.399 e. The first-order valence-corrected chi connectivity index (χ1v) is 18.7. The molecule has 3 unspecified atom stereocenters. The number of likely N-dealkylation sites (tertiary alicyclic amines) is 1. The van der Waals surface area contributed by atoms with Gasteiger partial charge in [0.1, 0.15) is 6.04 Å². The van der Waals surface area contributed by atoms with E-state index in [1.807, 2.05) is 82.8 Å². The fourth-order valence-corrected chi connectivity index (χ4v) is 7.59. The van der Waals surface area contributed by atoms with Crippen LogP contribution in [0.1, 0.15) is 79.7 Å². The number of carbonyl (C=O) groups is 4. The van der Waals surface area contributed by atoms with E-state index in [9.17, 15) is 19.2 Å². The number of nitrogens with one attached hydrogen (secondary N) is 2. The monoisotopic (exact) mass is 717 g/mol. The van der Waals surface area contributed by atoms with E-state index in [0.717, 1.165) is 24.8 Å². The highest BCUT2D eigenvalue weighted by atomic mass is 16.5. The van der Waals surface area contributed by atoms with Crippen molar-refractivity contribution in [2.45, 2.75) is 117 Å². The fraction of sp³-hybridized carbons (Fsp3) is 0.744. The molecule has 4 N–H and O–H groups in total. The molecule has 290 valence electrons. The van der Waals surface area contributed by atoms with Gasteiger partial charge in [-0.3, -0.25) is 24.1 Å². The van der Waals surface area contributed by atoms with Crippen LogP contribution < -0.4 is 16.4 Å². The quantitative estimate of drug-likeness (QED) is 0.174. The van der Waals surface area contributed by atoms with E-state index in [2.05, 4.69) is 24.5 Å². The lowest BCUT2D eigenvalue weighted by Gasteiger charge is -2.41.